The van der Waals surface area contributed by atoms with Crippen molar-refractivity contribution in [1.82, 2.24) is 10.3 Å². The van der Waals surface area contributed by atoms with Crippen LogP contribution in [0.15, 0.2) is 24.5 Å². The number of rotatable bonds is 4. The Hall–Kier alpha value is -0.890. The molecule has 0 radical (unpaired) electrons. The monoisotopic (exact) mass is 232 g/mol. The van der Waals surface area contributed by atoms with Crippen LogP contribution in [0.25, 0.3) is 0 Å². The third-order valence-corrected chi connectivity index (χ3v) is 4.03. The van der Waals surface area contributed by atoms with Gasteiger partial charge in [-0.05, 0) is 49.8 Å². The minimum Gasteiger partial charge on any atom is -0.310 e. The van der Waals surface area contributed by atoms with Gasteiger partial charge < -0.3 is 5.32 Å². The third-order valence-electron chi connectivity index (χ3n) is 4.03. The summed E-state index contributed by atoms with van der Waals surface area (Å²) in [4.78, 5) is 4.17. The number of nitrogens with one attached hydrogen (secondary N) is 1. The molecule has 0 spiro atoms. The minimum absolute atomic E-state index is 0.419. The van der Waals surface area contributed by atoms with Crippen molar-refractivity contribution in [3.05, 3.63) is 30.1 Å². The molecule has 2 nitrogen and oxygen atoms in total. The van der Waals surface area contributed by atoms with Gasteiger partial charge in [-0.2, -0.15) is 0 Å². The maximum Gasteiger partial charge on any atom is 0.0315 e. The Balaban J connectivity index is 1.75. The summed E-state index contributed by atoms with van der Waals surface area (Å²) in [6.07, 6.45) is 9.41. The lowest BCUT2D eigenvalue weighted by Gasteiger charge is -2.27. The van der Waals surface area contributed by atoms with E-state index in [1.165, 1.54) is 31.2 Å². The Morgan fingerprint density at radius 2 is 2.12 bits per heavy atom. The molecular weight excluding hydrogens is 208 g/mol. The Labute approximate surface area is 105 Å². The van der Waals surface area contributed by atoms with Crippen LogP contribution in [0.4, 0.5) is 0 Å². The average Bonchev–Trinajstić information content (AvgIpc) is 2.39. The summed E-state index contributed by atoms with van der Waals surface area (Å²) in [5.74, 6) is 1.83. The van der Waals surface area contributed by atoms with E-state index in [4.69, 9.17) is 0 Å². The molecule has 0 amide bonds. The molecule has 94 valence electrons. The summed E-state index contributed by atoms with van der Waals surface area (Å²) in [6, 6.07) is 4.58. The second-order valence-corrected chi connectivity index (χ2v) is 5.54. The van der Waals surface area contributed by atoms with Gasteiger partial charge in [-0.15, -0.1) is 0 Å². The van der Waals surface area contributed by atoms with Gasteiger partial charge in [0.2, 0.25) is 0 Å². The molecule has 17 heavy (non-hydrogen) atoms. The highest BCUT2D eigenvalue weighted by Crippen LogP contribution is 2.28. The molecule has 1 saturated carbocycles. The van der Waals surface area contributed by atoms with E-state index in [9.17, 15) is 0 Å². The van der Waals surface area contributed by atoms with Gasteiger partial charge in [0.25, 0.3) is 0 Å². The van der Waals surface area contributed by atoms with Gasteiger partial charge in [-0.25, -0.2) is 0 Å². The molecule has 1 atom stereocenters. The predicted octanol–water partition coefficient (Wildman–Crippen LogP) is 3.56. The molecule has 0 aromatic carbocycles. The van der Waals surface area contributed by atoms with Crippen molar-refractivity contribution in [1.29, 1.82) is 0 Å². The number of aromatic nitrogens is 1. The molecule has 0 aliphatic heterocycles. The zero-order valence-electron chi connectivity index (χ0n) is 11.0. The van der Waals surface area contributed by atoms with Crippen LogP contribution in [0.3, 0.4) is 0 Å². The quantitative estimate of drug-likeness (QED) is 0.858. The number of hydrogen-bond donors (Lipinski definition) is 1. The lowest BCUT2D eigenvalue weighted by Crippen LogP contribution is -2.28. The van der Waals surface area contributed by atoms with Crippen LogP contribution in [0.2, 0.25) is 0 Å². The lowest BCUT2D eigenvalue weighted by molar-refractivity contribution is 0.276. The van der Waals surface area contributed by atoms with Crippen molar-refractivity contribution in [2.75, 3.05) is 6.54 Å². The second kappa shape index (κ2) is 6.15. The molecule has 2 heteroatoms. The minimum atomic E-state index is 0.419. The van der Waals surface area contributed by atoms with E-state index in [2.05, 4.69) is 30.2 Å². The lowest BCUT2D eigenvalue weighted by atomic mass is 9.83. The zero-order valence-corrected chi connectivity index (χ0v) is 11.0. The number of pyridine rings is 1. The van der Waals surface area contributed by atoms with E-state index in [0.717, 1.165) is 18.4 Å². The first kappa shape index (κ1) is 12.6. The first-order chi connectivity index (χ1) is 8.25. The van der Waals surface area contributed by atoms with Crippen LogP contribution in [0.1, 0.15) is 51.1 Å². The first-order valence-corrected chi connectivity index (χ1v) is 6.89. The summed E-state index contributed by atoms with van der Waals surface area (Å²) in [7, 11) is 0. The number of hydrogen-bond acceptors (Lipinski definition) is 2. The molecule has 1 unspecified atom stereocenters. The molecule has 1 aromatic rings. The molecular formula is C15H24N2. The Morgan fingerprint density at radius 3 is 2.76 bits per heavy atom. The van der Waals surface area contributed by atoms with Crippen LogP contribution < -0.4 is 5.32 Å². The summed E-state index contributed by atoms with van der Waals surface area (Å²) in [6.45, 7) is 5.76. The van der Waals surface area contributed by atoms with Crippen LogP contribution in [-0.2, 0) is 0 Å². The highest BCUT2D eigenvalue weighted by atomic mass is 14.9. The molecule has 1 heterocycles. The smallest absolute Gasteiger partial charge is 0.0315 e. The van der Waals surface area contributed by atoms with E-state index in [-0.39, 0.29) is 0 Å². The average molecular weight is 232 g/mol. The molecule has 2 rings (SSSR count). The third kappa shape index (κ3) is 3.81. The van der Waals surface area contributed by atoms with Crippen LogP contribution in [-0.4, -0.2) is 11.5 Å². The van der Waals surface area contributed by atoms with E-state index < -0.39 is 0 Å². The van der Waals surface area contributed by atoms with Crippen LogP contribution in [0, 0.1) is 11.8 Å². The van der Waals surface area contributed by atoms with Crippen molar-refractivity contribution >= 4 is 0 Å². The van der Waals surface area contributed by atoms with Crippen molar-refractivity contribution in [3.63, 3.8) is 0 Å². The summed E-state index contributed by atoms with van der Waals surface area (Å²) in [5.41, 5.74) is 1.29. The predicted molar refractivity (Wildman–Crippen MR) is 71.8 cm³/mol. The van der Waals surface area contributed by atoms with Gasteiger partial charge in [0.15, 0.2) is 0 Å². The van der Waals surface area contributed by atoms with Gasteiger partial charge in [0.05, 0.1) is 0 Å². The highest BCUT2D eigenvalue weighted by Gasteiger charge is 2.18. The molecule has 1 aliphatic rings. The van der Waals surface area contributed by atoms with Crippen molar-refractivity contribution in [3.8, 4) is 0 Å². The van der Waals surface area contributed by atoms with E-state index >= 15 is 0 Å². The van der Waals surface area contributed by atoms with Gasteiger partial charge in [0, 0.05) is 18.4 Å². The van der Waals surface area contributed by atoms with Gasteiger partial charge in [-0.3, -0.25) is 4.98 Å². The SMILES string of the molecule is CC1CCC(CNC(C)c2cccnc2)CC1. The summed E-state index contributed by atoms with van der Waals surface area (Å²) in [5, 5.41) is 3.64. The topological polar surface area (TPSA) is 24.9 Å². The van der Waals surface area contributed by atoms with E-state index in [1.807, 2.05) is 18.5 Å². The van der Waals surface area contributed by atoms with Gasteiger partial charge >= 0.3 is 0 Å². The van der Waals surface area contributed by atoms with Crippen LogP contribution in [0.5, 0.6) is 0 Å². The highest BCUT2D eigenvalue weighted by molar-refractivity contribution is 5.12. The van der Waals surface area contributed by atoms with Crippen LogP contribution >= 0.6 is 0 Å². The van der Waals surface area contributed by atoms with Gasteiger partial charge in [0.1, 0.15) is 0 Å². The normalized spacial score (nSPS) is 26.7. The standard InChI is InChI=1S/C15H24N2/c1-12-5-7-14(8-6-12)10-17-13(2)15-4-3-9-16-11-15/h3-4,9,11-14,17H,5-8,10H2,1-2H3. The van der Waals surface area contributed by atoms with Crippen molar-refractivity contribution < 1.29 is 0 Å². The maximum absolute atomic E-state index is 4.17. The molecule has 1 aromatic heterocycles. The first-order valence-electron chi connectivity index (χ1n) is 6.89. The fourth-order valence-corrected chi connectivity index (χ4v) is 2.63. The van der Waals surface area contributed by atoms with Crippen molar-refractivity contribution in [2.45, 2.75) is 45.6 Å². The largest absolute Gasteiger partial charge is 0.310 e. The summed E-state index contributed by atoms with van der Waals surface area (Å²) >= 11 is 0. The number of nitrogens with zero attached hydrogens (tertiary/aromatic N) is 1. The molecule has 1 fully saturated rings. The maximum atomic E-state index is 4.17. The Kier molecular flexibility index (Phi) is 4.55. The molecule has 0 saturated heterocycles. The zero-order chi connectivity index (χ0) is 12.1. The Bertz CT molecular complexity index is 315. The molecule has 1 N–H and O–H groups in total. The fraction of sp³-hybridized carbons (Fsp3) is 0.667. The molecule has 0 bridgehead atoms. The molecule has 1 aliphatic carbocycles. The second-order valence-electron chi connectivity index (χ2n) is 5.54. The van der Waals surface area contributed by atoms with E-state index in [1.54, 1.807) is 0 Å². The Morgan fingerprint density at radius 1 is 1.35 bits per heavy atom. The van der Waals surface area contributed by atoms with E-state index in [0.29, 0.717) is 6.04 Å². The fourth-order valence-electron chi connectivity index (χ4n) is 2.63. The van der Waals surface area contributed by atoms with Crippen molar-refractivity contribution in [2.24, 2.45) is 11.8 Å². The summed E-state index contributed by atoms with van der Waals surface area (Å²) < 4.78 is 0. The van der Waals surface area contributed by atoms with Gasteiger partial charge in [-0.1, -0.05) is 25.8 Å².